The van der Waals surface area contributed by atoms with E-state index in [1.807, 2.05) is 0 Å². The smallest absolute Gasteiger partial charge is 0.149 e. The van der Waals surface area contributed by atoms with Crippen LogP contribution in [0.2, 0.25) is 0 Å². The normalized spacial score (nSPS) is 16.9. The summed E-state index contributed by atoms with van der Waals surface area (Å²) in [5.41, 5.74) is 0. The lowest BCUT2D eigenvalue weighted by molar-refractivity contribution is -0.133. The van der Waals surface area contributed by atoms with Crippen molar-refractivity contribution < 1.29 is 23.7 Å². The minimum atomic E-state index is 0.258. The van der Waals surface area contributed by atoms with Gasteiger partial charge in [0.25, 0.3) is 0 Å². The highest BCUT2D eigenvalue weighted by Crippen LogP contribution is 2.23. The molecule has 37 heavy (non-hydrogen) atoms. The van der Waals surface area contributed by atoms with Crippen LogP contribution in [0.4, 0.5) is 0 Å². The first kappa shape index (κ1) is 37.4. The fourth-order valence-corrected chi connectivity index (χ4v) is 5.59. The van der Waals surface area contributed by atoms with Crippen molar-refractivity contribution in [3.05, 3.63) is 0 Å². The predicted molar refractivity (Wildman–Crippen MR) is 158 cm³/mol. The van der Waals surface area contributed by atoms with Gasteiger partial charge < -0.3 is 23.7 Å². The van der Waals surface area contributed by atoms with Gasteiger partial charge in [-0.15, -0.1) is 23.2 Å². The van der Waals surface area contributed by atoms with Crippen molar-refractivity contribution in [2.45, 2.75) is 117 Å². The molecule has 0 rings (SSSR count). The Labute approximate surface area is 239 Å². The molecule has 6 unspecified atom stereocenters. The van der Waals surface area contributed by atoms with Gasteiger partial charge >= 0.3 is 0 Å². The number of ether oxygens (including phenoxy) is 5. The van der Waals surface area contributed by atoms with E-state index in [0.29, 0.717) is 25.0 Å². The SMILES string of the molecule is CC(Cl)CC(C)CC(C)CCCOCCCOCOCOCCCOCCCC(C)CC(C)CC(C)Cl. The maximum absolute atomic E-state index is 6.09. The molecule has 0 aliphatic carbocycles. The summed E-state index contributed by atoms with van der Waals surface area (Å²) >= 11 is 12.2. The summed E-state index contributed by atoms with van der Waals surface area (Å²) in [6, 6.07) is 0. The van der Waals surface area contributed by atoms with Crippen molar-refractivity contribution in [2.24, 2.45) is 23.7 Å². The average molecular weight is 572 g/mol. The highest BCUT2D eigenvalue weighted by Gasteiger charge is 2.12. The minimum absolute atomic E-state index is 0.258. The summed E-state index contributed by atoms with van der Waals surface area (Å²) in [6.07, 6.45) is 11.1. The van der Waals surface area contributed by atoms with Crippen molar-refractivity contribution in [1.29, 1.82) is 0 Å². The summed E-state index contributed by atoms with van der Waals surface area (Å²) in [7, 11) is 0. The van der Waals surface area contributed by atoms with Crippen molar-refractivity contribution >= 4 is 23.2 Å². The molecule has 0 fully saturated rings. The molecule has 0 radical (unpaired) electrons. The van der Waals surface area contributed by atoms with Gasteiger partial charge in [0, 0.05) is 37.2 Å². The zero-order chi connectivity index (χ0) is 27.7. The molecule has 0 heterocycles. The van der Waals surface area contributed by atoms with Crippen LogP contribution in [0.1, 0.15) is 106 Å². The van der Waals surface area contributed by atoms with Crippen molar-refractivity contribution in [1.82, 2.24) is 0 Å². The molecular weight excluding hydrogens is 511 g/mol. The van der Waals surface area contributed by atoms with E-state index >= 15 is 0 Å². The molecule has 5 nitrogen and oxygen atoms in total. The summed E-state index contributed by atoms with van der Waals surface area (Å²) in [5.74, 6) is 2.85. The molecule has 0 saturated heterocycles. The summed E-state index contributed by atoms with van der Waals surface area (Å²) < 4.78 is 27.7. The standard InChI is InChI=1S/C30H60Cl2O5/c1-25(19-27(3)21-29(5)31)11-7-13-33-15-9-17-35-23-37-24-36-18-10-16-34-14-8-12-26(2)20-28(4)22-30(6)32/h25-30H,7-24H2,1-6H3. The van der Waals surface area contributed by atoms with E-state index in [2.05, 4.69) is 41.5 Å². The van der Waals surface area contributed by atoms with E-state index in [-0.39, 0.29) is 24.3 Å². The largest absolute Gasteiger partial charge is 0.381 e. The van der Waals surface area contributed by atoms with Crippen LogP contribution in [0.3, 0.4) is 0 Å². The maximum atomic E-state index is 6.09. The molecule has 0 aromatic heterocycles. The van der Waals surface area contributed by atoms with Crippen molar-refractivity contribution in [3.63, 3.8) is 0 Å². The molecule has 0 aliphatic heterocycles. The summed E-state index contributed by atoms with van der Waals surface area (Å²) in [6.45, 7) is 18.3. The number of rotatable bonds is 28. The number of halogens is 2. The van der Waals surface area contributed by atoms with Crippen LogP contribution in [0.5, 0.6) is 0 Å². The van der Waals surface area contributed by atoms with Gasteiger partial charge in [0.2, 0.25) is 0 Å². The molecule has 0 saturated carbocycles. The van der Waals surface area contributed by atoms with Gasteiger partial charge in [0.15, 0.2) is 0 Å². The second kappa shape index (κ2) is 26.6. The molecule has 0 bridgehead atoms. The highest BCUT2D eigenvalue weighted by molar-refractivity contribution is 6.20. The van der Waals surface area contributed by atoms with Crippen LogP contribution in [-0.2, 0) is 23.7 Å². The number of hydrogen-bond donors (Lipinski definition) is 0. The third kappa shape index (κ3) is 29.2. The molecule has 0 aromatic rings. The number of hydrogen-bond acceptors (Lipinski definition) is 5. The number of alkyl halides is 2. The highest BCUT2D eigenvalue weighted by atomic mass is 35.5. The van der Waals surface area contributed by atoms with Crippen LogP contribution in [-0.4, -0.2) is 64.0 Å². The second-order valence-corrected chi connectivity index (χ2v) is 12.9. The van der Waals surface area contributed by atoms with Gasteiger partial charge in [-0.05, 0) is 102 Å². The quantitative estimate of drug-likeness (QED) is 0.0534. The lowest BCUT2D eigenvalue weighted by Gasteiger charge is -2.18. The topological polar surface area (TPSA) is 46.2 Å². The Hall–Kier alpha value is 0.380. The zero-order valence-corrected chi connectivity index (χ0v) is 26.5. The Morgan fingerprint density at radius 1 is 0.405 bits per heavy atom. The van der Waals surface area contributed by atoms with E-state index in [0.717, 1.165) is 76.8 Å². The lowest BCUT2D eigenvalue weighted by atomic mass is 9.91. The second-order valence-electron chi connectivity index (χ2n) is 11.4. The van der Waals surface area contributed by atoms with Crippen molar-refractivity contribution in [2.75, 3.05) is 53.2 Å². The van der Waals surface area contributed by atoms with E-state index in [1.165, 1.54) is 25.7 Å². The average Bonchev–Trinajstić information content (AvgIpc) is 2.79. The fourth-order valence-electron chi connectivity index (χ4n) is 4.98. The van der Waals surface area contributed by atoms with Gasteiger partial charge in [-0.2, -0.15) is 0 Å². The van der Waals surface area contributed by atoms with Crippen LogP contribution < -0.4 is 0 Å². The Kier molecular flexibility index (Phi) is 26.9. The molecule has 0 amide bonds. The summed E-state index contributed by atoms with van der Waals surface area (Å²) in [4.78, 5) is 0. The van der Waals surface area contributed by atoms with Gasteiger partial charge in [0.05, 0.1) is 13.2 Å². The first-order chi connectivity index (χ1) is 17.7. The van der Waals surface area contributed by atoms with E-state index in [4.69, 9.17) is 46.9 Å². The Balaban J connectivity index is 3.26. The molecule has 0 aliphatic rings. The minimum Gasteiger partial charge on any atom is -0.381 e. The molecule has 224 valence electrons. The first-order valence-electron chi connectivity index (χ1n) is 14.9. The van der Waals surface area contributed by atoms with Crippen LogP contribution in [0.15, 0.2) is 0 Å². The molecule has 0 N–H and O–H groups in total. The Bertz CT molecular complexity index is 427. The van der Waals surface area contributed by atoms with Crippen LogP contribution >= 0.6 is 23.2 Å². The van der Waals surface area contributed by atoms with Crippen molar-refractivity contribution in [3.8, 4) is 0 Å². The summed E-state index contributed by atoms with van der Waals surface area (Å²) in [5, 5.41) is 0.547. The van der Waals surface area contributed by atoms with Gasteiger partial charge in [-0.1, -0.05) is 27.7 Å². The third-order valence-electron chi connectivity index (χ3n) is 6.52. The van der Waals surface area contributed by atoms with Crippen LogP contribution in [0.25, 0.3) is 0 Å². The Morgan fingerprint density at radius 3 is 1.14 bits per heavy atom. The molecule has 0 spiro atoms. The van der Waals surface area contributed by atoms with Gasteiger partial charge in [-0.3, -0.25) is 0 Å². The van der Waals surface area contributed by atoms with Gasteiger partial charge in [-0.25, -0.2) is 0 Å². The molecular formula is C30H60Cl2O5. The van der Waals surface area contributed by atoms with E-state index < -0.39 is 0 Å². The van der Waals surface area contributed by atoms with E-state index in [9.17, 15) is 0 Å². The van der Waals surface area contributed by atoms with E-state index in [1.54, 1.807) is 0 Å². The Morgan fingerprint density at radius 2 is 0.757 bits per heavy atom. The molecule has 0 aromatic carbocycles. The monoisotopic (exact) mass is 570 g/mol. The molecule has 7 heteroatoms. The predicted octanol–water partition coefficient (Wildman–Crippen LogP) is 8.68. The zero-order valence-electron chi connectivity index (χ0n) is 25.0. The first-order valence-corrected chi connectivity index (χ1v) is 15.7. The fraction of sp³-hybridized carbons (Fsp3) is 1.00. The lowest BCUT2D eigenvalue weighted by Crippen LogP contribution is -2.10. The van der Waals surface area contributed by atoms with Gasteiger partial charge in [0.1, 0.15) is 13.6 Å². The molecule has 6 atom stereocenters. The maximum Gasteiger partial charge on any atom is 0.149 e. The van der Waals surface area contributed by atoms with Crippen LogP contribution in [0, 0.1) is 23.7 Å². The third-order valence-corrected chi connectivity index (χ3v) is 6.88.